The van der Waals surface area contributed by atoms with Gasteiger partial charge in [0.1, 0.15) is 6.07 Å². The number of nitrogens with zero attached hydrogens (tertiary/aromatic N) is 1. The number of hydrogen-bond donors (Lipinski definition) is 1. The van der Waals surface area contributed by atoms with Crippen molar-refractivity contribution in [2.45, 2.75) is 13.0 Å². The molecule has 0 fully saturated rings. The molecule has 156 valence electrons. The predicted octanol–water partition coefficient (Wildman–Crippen LogP) is 5.16. The second-order valence-corrected chi connectivity index (χ2v) is 6.91. The standard InChI is InChI=1S/C26H24N2O3/c1-19(21-10-12-23(13-11-21)22-6-4-3-5-7-22)28-26(29)15-9-20-8-14-24(31-17-16-27)25(18-20)30-2/h3-15,18-19H,17H2,1-2H3,(H,28,29)/b15-9+. The number of carbonyl (C=O) groups is 1. The van der Waals surface area contributed by atoms with Gasteiger partial charge in [0.2, 0.25) is 5.91 Å². The fraction of sp³-hybridized carbons (Fsp3) is 0.154. The summed E-state index contributed by atoms with van der Waals surface area (Å²) in [6, 6.07) is 25.4. The van der Waals surface area contributed by atoms with Gasteiger partial charge in [-0.15, -0.1) is 0 Å². The lowest BCUT2D eigenvalue weighted by atomic mass is 10.0. The number of ether oxygens (including phenoxy) is 2. The zero-order valence-corrected chi connectivity index (χ0v) is 17.5. The lowest BCUT2D eigenvalue weighted by molar-refractivity contribution is -0.117. The van der Waals surface area contributed by atoms with Crippen molar-refractivity contribution in [2.75, 3.05) is 13.7 Å². The molecule has 3 rings (SSSR count). The molecule has 3 aromatic rings. The van der Waals surface area contributed by atoms with Crippen molar-refractivity contribution in [3.8, 4) is 28.7 Å². The summed E-state index contributed by atoms with van der Waals surface area (Å²) >= 11 is 0. The van der Waals surface area contributed by atoms with Gasteiger partial charge in [-0.2, -0.15) is 5.26 Å². The summed E-state index contributed by atoms with van der Waals surface area (Å²) in [5.74, 6) is 0.798. The number of amides is 1. The van der Waals surface area contributed by atoms with E-state index in [0.29, 0.717) is 11.5 Å². The highest BCUT2D eigenvalue weighted by atomic mass is 16.5. The van der Waals surface area contributed by atoms with E-state index in [1.165, 1.54) is 13.2 Å². The van der Waals surface area contributed by atoms with Gasteiger partial charge in [-0.1, -0.05) is 60.7 Å². The largest absolute Gasteiger partial charge is 0.493 e. The van der Waals surface area contributed by atoms with Crippen LogP contribution in [0.5, 0.6) is 11.5 Å². The van der Waals surface area contributed by atoms with Crippen molar-refractivity contribution in [1.29, 1.82) is 5.26 Å². The number of carbonyl (C=O) groups excluding carboxylic acids is 1. The summed E-state index contributed by atoms with van der Waals surface area (Å²) in [6.07, 6.45) is 3.19. The number of rotatable bonds is 8. The molecule has 0 spiro atoms. The highest BCUT2D eigenvalue weighted by Gasteiger charge is 2.09. The van der Waals surface area contributed by atoms with E-state index in [4.69, 9.17) is 14.7 Å². The Kier molecular flexibility index (Phi) is 7.45. The highest BCUT2D eigenvalue weighted by Crippen LogP contribution is 2.28. The van der Waals surface area contributed by atoms with Crippen molar-refractivity contribution in [2.24, 2.45) is 0 Å². The average Bonchev–Trinajstić information content (AvgIpc) is 2.82. The Morgan fingerprint density at radius 2 is 1.74 bits per heavy atom. The molecule has 1 N–H and O–H groups in total. The third-order valence-corrected chi connectivity index (χ3v) is 4.78. The van der Waals surface area contributed by atoms with Crippen LogP contribution in [0.4, 0.5) is 0 Å². The first-order valence-corrected chi connectivity index (χ1v) is 9.92. The van der Waals surface area contributed by atoms with E-state index in [-0.39, 0.29) is 18.6 Å². The van der Waals surface area contributed by atoms with Gasteiger partial charge >= 0.3 is 0 Å². The predicted molar refractivity (Wildman–Crippen MR) is 122 cm³/mol. The lowest BCUT2D eigenvalue weighted by Crippen LogP contribution is -2.24. The fourth-order valence-electron chi connectivity index (χ4n) is 3.13. The molecule has 0 saturated carbocycles. The molecule has 5 nitrogen and oxygen atoms in total. The summed E-state index contributed by atoms with van der Waals surface area (Å²) < 4.78 is 10.6. The summed E-state index contributed by atoms with van der Waals surface area (Å²) in [6.45, 7) is 1.89. The topological polar surface area (TPSA) is 71.3 Å². The summed E-state index contributed by atoms with van der Waals surface area (Å²) in [7, 11) is 1.53. The minimum atomic E-state index is -0.191. The van der Waals surface area contributed by atoms with Gasteiger partial charge in [-0.25, -0.2) is 0 Å². The van der Waals surface area contributed by atoms with Crippen molar-refractivity contribution in [1.82, 2.24) is 5.32 Å². The second-order valence-electron chi connectivity index (χ2n) is 6.91. The smallest absolute Gasteiger partial charge is 0.244 e. The van der Waals surface area contributed by atoms with Crippen LogP contribution in [-0.2, 0) is 4.79 Å². The molecule has 1 unspecified atom stereocenters. The van der Waals surface area contributed by atoms with E-state index in [2.05, 4.69) is 29.6 Å². The van der Waals surface area contributed by atoms with Gasteiger partial charge < -0.3 is 14.8 Å². The molecular weight excluding hydrogens is 388 g/mol. The Morgan fingerprint density at radius 3 is 2.42 bits per heavy atom. The van der Waals surface area contributed by atoms with Gasteiger partial charge in [0.05, 0.1) is 13.2 Å². The molecule has 5 heteroatoms. The van der Waals surface area contributed by atoms with Gasteiger partial charge in [-0.05, 0) is 47.4 Å². The van der Waals surface area contributed by atoms with Gasteiger partial charge in [0.25, 0.3) is 0 Å². The lowest BCUT2D eigenvalue weighted by Gasteiger charge is -2.14. The molecule has 0 bridgehead atoms. The maximum absolute atomic E-state index is 12.4. The number of nitriles is 1. The molecule has 0 aromatic heterocycles. The van der Waals surface area contributed by atoms with E-state index in [1.54, 1.807) is 24.3 Å². The Balaban J connectivity index is 1.61. The molecule has 0 heterocycles. The van der Waals surface area contributed by atoms with Crippen LogP contribution in [-0.4, -0.2) is 19.6 Å². The quantitative estimate of drug-likeness (QED) is 0.519. The molecule has 0 radical (unpaired) electrons. The maximum atomic E-state index is 12.4. The molecular formula is C26H24N2O3. The van der Waals surface area contributed by atoms with Crippen LogP contribution in [0.3, 0.4) is 0 Å². The molecule has 0 aliphatic rings. The average molecular weight is 412 g/mol. The van der Waals surface area contributed by atoms with Crippen molar-refractivity contribution >= 4 is 12.0 Å². The van der Waals surface area contributed by atoms with E-state index < -0.39 is 0 Å². The molecule has 0 aliphatic heterocycles. The number of hydrogen-bond acceptors (Lipinski definition) is 4. The van der Waals surface area contributed by atoms with Gasteiger partial charge in [0, 0.05) is 6.08 Å². The number of methoxy groups -OCH3 is 1. The molecule has 31 heavy (non-hydrogen) atoms. The fourth-order valence-corrected chi connectivity index (χ4v) is 3.13. The molecule has 0 aliphatic carbocycles. The van der Waals surface area contributed by atoms with Crippen molar-refractivity contribution in [3.63, 3.8) is 0 Å². The first-order chi connectivity index (χ1) is 15.1. The monoisotopic (exact) mass is 412 g/mol. The molecule has 0 saturated heterocycles. The minimum Gasteiger partial charge on any atom is -0.493 e. The van der Waals surface area contributed by atoms with Gasteiger partial charge in [0.15, 0.2) is 18.1 Å². The zero-order valence-electron chi connectivity index (χ0n) is 17.5. The molecule has 3 aromatic carbocycles. The van der Waals surface area contributed by atoms with Crippen LogP contribution < -0.4 is 14.8 Å². The first kappa shape index (κ1) is 21.7. The summed E-state index contributed by atoms with van der Waals surface area (Å²) in [5, 5.41) is 11.6. The molecule has 1 atom stereocenters. The van der Waals surface area contributed by atoms with Crippen molar-refractivity contribution in [3.05, 3.63) is 90.0 Å². The zero-order chi connectivity index (χ0) is 22.1. The third-order valence-electron chi connectivity index (χ3n) is 4.78. The van der Waals surface area contributed by atoms with E-state index >= 15 is 0 Å². The summed E-state index contributed by atoms with van der Waals surface area (Å²) in [5.41, 5.74) is 4.12. The SMILES string of the molecule is COc1cc(/C=C/C(=O)NC(C)c2ccc(-c3ccccc3)cc2)ccc1OCC#N. The Labute approximate surface area is 182 Å². The second kappa shape index (κ2) is 10.7. The Bertz CT molecular complexity index is 1080. The van der Waals surface area contributed by atoms with Crippen molar-refractivity contribution < 1.29 is 14.3 Å². The number of nitrogens with one attached hydrogen (secondary N) is 1. The van der Waals surface area contributed by atoms with Crippen LogP contribution in [0, 0.1) is 11.3 Å². The third kappa shape index (κ3) is 5.97. The first-order valence-electron chi connectivity index (χ1n) is 9.92. The number of benzene rings is 3. The van der Waals surface area contributed by atoms with E-state index in [0.717, 1.165) is 22.3 Å². The van der Waals surface area contributed by atoms with Gasteiger partial charge in [-0.3, -0.25) is 4.79 Å². The van der Waals surface area contributed by atoms with Crippen LogP contribution >= 0.6 is 0 Å². The normalized spacial score (nSPS) is 11.5. The Morgan fingerprint density at radius 1 is 1.03 bits per heavy atom. The van der Waals surface area contributed by atoms with Crippen LogP contribution in [0.2, 0.25) is 0 Å². The minimum absolute atomic E-state index is 0.0574. The highest BCUT2D eigenvalue weighted by molar-refractivity contribution is 5.92. The van der Waals surface area contributed by atoms with Crippen LogP contribution in [0.1, 0.15) is 24.1 Å². The van der Waals surface area contributed by atoms with E-state index in [9.17, 15) is 4.79 Å². The van der Waals surface area contributed by atoms with Crippen LogP contribution in [0.25, 0.3) is 17.2 Å². The summed E-state index contributed by atoms with van der Waals surface area (Å²) in [4.78, 5) is 12.4. The van der Waals surface area contributed by atoms with E-state index in [1.807, 2.05) is 43.3 Å². The molecule has 1 amide bonds. The Hall–Kier alpha value is -4.04. The van der Waals surface area contributed by atoms with Crippen LogP contribution in [0.15, 0.2) is 78.9 Å². The maximum Gasteiger partial charge on any atom is 0.244 e.